The van der Waals surface area contributed by atoms with E-state index in [-0.39, 0.29) is 35.1 Å². The molecule has 3 aromatic rings. The number of aryl methyl sites for hydroxylation is 1. The number of nitrogens with two attached hydrogens (primary N) is 1. The van der Waals surface area contributed by atoms with Crippen molar-refractivity contribution in [2.45, 2.75) is 42.5 Å². The Hall–Kier alpha value is -3.91. The van der Waals surface area contributed by atoms with E-state index < -0.39 is 37.9 Å². The number of carbonyl (C=O) groups is 3. The van der Waals surface area contributed by atoms with Crippen LogP contribution in [0.25, 0.3) is 0 Å². The fourth-order valence-corrected chi connectivity index (χ4v) is 6.48. The number of nitrogens with zero attached hydrogens (tertiary/aromatic N) is 2. The van der Waals surface area contributed by atoms with Crippen LogP contribution in [0, 0.1) is 6.92 Å². The number of rotatable bonds is 9. The van der Waals surface area contributed by atoms with Gasteiger partial charge in [-0.3, -0.25) is 14.4 Å². The summed E-state index contributed by atoms with van der Waals surface area (Å²) in [5.41, 5.74) is 2.27. The summed E-state index contributed by atoms with van der Waals surface area (Å²) in [6.07, 6.45) is -0.225. The summed E-state index contributed by atoms with van der Waals surface area (Å²) in [6, 6.07) is 16.6. The summed E-state index contributed by atoms with van der Waals surface area (Å²) in [5, 5.41) is 7.72. The van der Waals surface area contributed by atoms with Gasteiger partial charge in [-0.05, 0) is 67.4 Å². The van der Waals surface area contributed by atoms with Gasteiger partial charge in [0.05, 0.1) is 21.9 Å². The average molecular weight is 585 g/mol. The first-order valence-electron chi connectivity index (χ1n) is 12.2. The SMILES string of the molecule is CC(=O)Nc1ccc(S(=O)(=O)N(CCc2ccc(S(N)(=O)=O)cc2)C2CC(=O)N(c3ccc(C)cc3)C2=O)cc1. The number of hydrogen-bond acceptors (Lipinski definition) is 7. The molecule has 1 aliphatic rings. The van der Waals surface area contributed by atoms with Gasteiger partial charge >= 0.3 is 0 Å². The van der Waals surface area contributed by atoms with Crippen molar-refractivity contribution >= 4 is 49.1 Å². The Morgan fingerprint density at radius 2 is 1.50 bits per heavy atom. The van der Waals surface area contributed by atoms with Crippen molar-refractivity contribution < 1.29 is 31.2 Å². The predicted molar refractivity (Wildman–Crippen MR) is 148 cm³/mol. The molecular weight excluding hydrogens is 556 g/mol. The van der Waals surface area contributed by atoms with E-state index in [4.69, 9.17) is 5.14 Å². The second-order valence-corrected chi connectivity index (χ2v) is 12.8. The van der Waals surface area contributed by atoms with Crippen LogP contribution < -0.4 is 15.4 Å². The van der Waals surface area contributed by atoms with Crippen molar-refractivity contribution in [2.75, 3.05) is 16.8 Å². The Bertz CT molecular complexity index is 1650. The maximum Gasteiger partial charge on any atom is 0.252 e. The van der Waals surface area contributed by atoms with Crippen LogP contribution in [0.1, 0.15) is 24.5 Å². The van der Waals surface area contributed by atoms with E-state index in [1.807, 2.05) is 6.92 Å². The zero-order valence-corrected chi connectivity index (χ0v) is 23.4. The number of imide groups is 1. The van der Waals surface area contributed by atoms with E-state index in [0.29, 0.717) is 16.9 Å². The Morgan fingerprint density at radius 1 is 0.925 bits per heavy atom. The van der Waals surface area contributed by atoms with Gasteiger partial charge in [-0.15, -0.1) is 0 Å². The smallest absolute Gasteiger partial charge is 0.252 e. The molecule has 0 bridgehead atoms. The first kappa shape index (κ1) is 29.1. The number of sulfonamides is 2. The minimum atomic E-state index is -4.29. The van der Waals surface area contributed by atoms with Crippen LogP contribution in [0.2, 0.25) is 0 Å². The number of primary sulfonamides is 1. The minimum Gasteiger partial charge on any atom is -0.326 e. The number of hydrogen-bond donors (Lipinski definition) is 2. The Labute approximate surface area is 232 Å². The van der Waals surface area contributed by atoms with Gasteiger partial charge in [-0.2, -0.15) is 4.31 Å². The van der Waals surface area contributed by atoms with Gasteiger partial charge in [-0.1, -0.05) is 29.8 Å². The Morgan fingerprint density at radius 3 is 2.05 bits per heavy atom. The lowest BCUT2D eigenvalue weighted by atomic mass is 10.1. The van der Waals surface area contributed by atoms with Crippen molar-refractivity contribution in [1.82, 2.24) is 4.31 Å². The molecule has 0 aliphatic carbocycles. The summed E-state index contributed by atoms with van der Waals surface area (Å²) in [5.74, 6) is -1.52. The average Bonchev–Trinajstić information content (AvgIpc) is 3.17. The van der Waals surface area contributed by atoms with Crippen molar-refractivity contribution in [1.29, 1.82) is 0 Å². The molecule has 0 saturated carbocycles. The molecule has 0 radical (unpaired) electrons. The molecule has 210 valence electrons. The molecule has 0 spiro atoms. The number of amides is 3. The standard InChI is InChI=1S/C27H28N4O7S2/c1-18-3-9-22(10-4-18)31-26(33)17-25(27(31)34)30(16-15-20-5-11-23(12-6-20)39(28,35)36)40(37,38)24-13-7-21(8-14-24)29-19(2)32/h3-14,25H,15-17H2,1-2H3,(H,29,32)(H2,28,35,36). The molecule has 0 aromatic heterocycles. The largest absolute Gasteiger partial charge is 0.326 e. The van der Waals surface area contributed by atoms with Crippen molar-refractivity contribution in [3.05, 3.63) is 83.9 Å². The summed E-state index contributed by atoms with van der Waals surface area (Å²) < 4.78 is 51.9. The molecule has 1 atom stereocenters. The lowest BCUT2D eigenvalue weighted by molar-refractivity contribution is -0.122. The van der Waals surface area contributed by atoms with Gasteiger partial charge in [0.1, 0.15) is 6.04 Å². The van der Waals surface area contributed by atoms with E-state index in [1.165, 1.54) is 55.5 Å². The highest BCUT2D eigenvalue weighted by atomic mass is 32.2. The molecule has 3 N–H and O–H groups in total. The van der Waals surface area contributed by atoms with Gasteiger partial charge in [0.15, 0.2) is 0 Å². The number of carbonyl (C=O) groups excluding carboxylic acids is 3. The molecule has 40 heavy (non-hydrogen) atoms. The van der Waals surface area contributed by atoms with E-state index in [2.05, 4.69) is 5.32 Å². The monoisotopic (exact) mass is 584 g/mol. The van der Waals surface area contributed by atoms with E-state index in [1.54, 1.807) is 24.3 Å². The third kappa shape index (κ3) is 6.28. The molecule has 11 nitrogen and oxygen atoms in total. The van der Waals surface area contributed by atoms with E-state index >= 15 is 0 Å². The summed E-state index contributed by atoms with van der Waals surface area (Å²) >= 11 is 0. The molecule has 4 rings (SSSR count). The molecule has 3 amide bonds. The fraction of sp³-hybridized carbons (Fsp3) is 0.222. The van der Waals surface area contributed by atoms with Crippen molar-refractivity contribution in [2.24, 2.45) is 5.14 Å². The minimum absolute atomic E-state index is 0.0923. The van der Waals surface area contributed by atoms with E-state index in [0.717, 1.165) is 14.8 Å². The Balaban J connectivity index is 1.67. The molecule has 13 heteroatoms. The lowest BCUT2D eigenvalue weighted by Crippen LogP contribution is -2.46. The van der Waals surface area contributed by atoms with Gasteiger partial charge in [0.25, 0.3) is 5.91 Å². The highest BCUT2D eigenvalue weighted by molar-refractivity contribution is 7.89. The normalized spacial score (nSPS) is 16.0. The van der Waals surface area contributed by atoms with Crippen LogP contribution in [0.5, 0.6) is 0 Å². The second-order valence-electron chi connectivity index (χ2n) is 9.38. The van der Waals surface area contributed by atoms with Gasteiger partial charge in [0.2, 0.25) is 31.9 Å². The third-order valence-electron chi connectivity index (χ3n) is 6.42. The highest BCUT2D eigenvalue weighted by Crippen LogP contribution is 2.30. The lowest BCUT2D eigenvalue weighted by Gasteiger charge is -2.27. The molecule has 1 unspecified atom stereocenters. The topological polar surface area (TPSA) is 164 Å². The van der Waals surface area contributed by atoms with Crippen LogP contribution >= 0.6 is 0 Å². The molecule has 3 aromatic carbocycles. The zero-order valence-electron chi connectivity index (χ0n) is 21.8. The molecular formula is C27H28N4O7S2. The first-order chi connectivity index (χ1) is 18.8. The van der Waals surface area contributed by atoms with Gasteiger partial charge in [-0.25, -0.2) is 26.9 Å². The summed E-state index contributed by atoms with van der Waals surface area (Å²) in [7, 11) is -8.20. The molecule has 1 heterocycles. The van der Waals surface area contributed by atoms with Crippen LogP contribution in [0.3, 0.4) is 0 Å². The number of anilines is 2. The molecule has 1 aliphatic heterocycles. The zero-order chi connectivity index (χ0) is 29.2. The van der Waals surface area contributed by atoms with Crippen LogP contribution in [0.4, 0.5) is 11.4 Å². The summed E-state index contributed by atoms with van der Waals surface area (Å²) in [4.78, 5) is 38.6. The quantitative estimate of drug-likeness (QED) is 0.364. The van der Waals surface area contributed by atoms with Gasteiger partial charge in [0, 0.05) is 19.2 Å². The number of nitrogens with one attached hydrogen (secondary N) is 1. The Kier molecular flexibility index (Phi) is 8.21. The molecule has 1 fully saturated rings. The highest BCUT2D eigenvalue weighted by Gasteiger charge is 2.46. The first-order valence-corrected chi connectivity index (χ1v) is 15.2. The van der Waals surface area contributed by atoms with Crippen LogP contribution in [-0.4, -0.2) is 51.4 Å². The van der Waals surface area contributed by atoms with Crippen molar-refractivity contribution in [3.8, 4) is 0 Å². The van der Waals surface area contributed by atoms with Gasteiger partial charge < -0.3 is 5.32 Å². The maximum absolute atomic E-state index is 13.9. The van der Waals surface area contributed by atoms with Crippen LogP contribution in [0.15, 0.2) is 82.6 Å². The summed E-state index contributed by atoms with van der Waals surface area (Å²) in [6.45, 7) is 3.02. The predicted octanol–water partition coefficient (Wildman–Crippen LogP) is 2.17. The second kappa shape index (κ2) is 11.3. The van der Waals surface area contributed by atoms with Crippen LogP contribution in [-0.2, 0) is 40.9 Å². The van der Waals surface area contributed by atoms with E-state index in [9.17, 15) is 31.2 Å². The maximum atomic E-state index is 13.9. The third-order valence-corrected chi connectivity index (χ3v) is 9.27. The number of benzene rings is 3. The van der Waals surface area contributed by atoms with Crippen molar-refractivity contribution in [3.63, 3.8) is 0 Å². The molecule has 1 saturated heterocycles. The fourth-order valence-electron chi connectivity index (χ4n) is 4.38.